The smallest absolute Gasteiger partial charge is 0.311 e. The molecule has 0 atom stereocenters. The molecule has 1 aromatic heterocycles. The van der Waals surface area contributed by atoms with Gasteiger partial charge in [-0.1, -0.05) is 5.16 Å². The highest BCUT2D eigenvalue weighted by atomic mass is 16.5. The van der Waals surface area contributed by atoms with Crippen LogP contribution in [0.2, 0.25) is 0 Å². The lowest BCUT2D eigenvalue weighted by Gasteiger charge is -2.10. The van der Waals surface area contributed by atoms with E-state index in [0.29, 0.717) is 37.4 Å². The quantitative estimate of drug-likeness (QED) is 0.704. The second kappa shape index (κ2) is 7.55. The van der Waals surface area contributed by atoms with Crippen LogP contribution < -0.4 is 10.1 Å². The van der Waals surface area contributed by atoms with Gasteiger partial charge in [0.15, 0.2) is 0 Å². The van der Waals surface area contributed by atoms with Crippen molar-refractivity contribution < 1.29 is 24.0 Å². The summed E-state index contributed by atoms with van der Waals surface area (Å²) in [6.45, 7) is 0.198. The highest BCUT2D eigenvalue weighted by molar-refractivity contribution is 5.80. The number of aliphatic carboxylic acids is 1. The summed E-state index contributed by atoms with van der Waals surface area (Å²) in [6, 6.07) is 7.33. The molecule has 0 unspecified atom stereocenters. The van der Waals surface area contributed by atoms with E-state index < -0.39 is 11.4 Å². The van der Waals surface area contributed by atoms with Crippen LogP contribution in [-0.2, 0) is 16.0 Å². The summed E-state index contributed by atoms with van der Waals surface area (Å²) in [4.78, 5) is 27.2. The van der Waals surface area contributed by atoms with Crippen molar-refractivity contribution in [3.63, 3.8) is 0 Å². The molecule has 1 fully saturated rings. The normalized spacial score (nSPS) is 14.7. The summed E-state index contributed by atoms with van der Waals surface area (Å²) >= 11 is 0. The van der Waals surface area contributed by atoms with Crippen LogP contribution in [0, 0.1) is 5.41 Å². The Morgan fingerprint density at radius 1 is 1.31 bits per heavy atom. The van der Waals surface area contributed by atoms with Crippen LogP contribution in [0.25, 0.3) is 11.4 Å². The number of carboxylic acids is 1. The van der Waals surface area contributed by atoms with Crippen LogP contribution >= 0.6 is 0 Å². The third-order valence-corrected chi connectivity index (χ3v) is 4.54. The molecule has 0 spiro atoms. The van der Waals surface area contributed by atoms with Gasteiger partial charge < -0.3 is 19.7 Å². The Bertz CT molecular complexity index is 780. The van der Waals surface area contributed by atoms with E-state index >= 15 is 0 Å². The van der Waals surface area contributed by atoms with E-state index in [9.17, 15) is 9.59 Å². The number of hydrogen-bond acceptors (Lipinski definition) is 6. The number of carboxylic acid groups (broad SMARTS) is 1. The first-order chi connectivity index (χ1) is 12.5. The molecule has 2 aromatic rings. The molecular weight excluding hydrogens is 338 g/mol. The fourth-order valence-electron chi connectivity index (χ4n) is 2.59. The molecule has 1 heterocycles. The number of aryl methyl sites for hydroxylation is 1. The summed E-state index contributed by atoms with van der Waals surface area (Å²) in [5, 5.41) is 15.7. The Kier molecular flexibility index (Phi) is 5.20. The van der Waals surface area contributed by atoms with Gasteiger partial charge in [-0.3, -0.25) is 9.59 Å². The third kappa shape index (κ3) is 4.19. The molecule has 1 amide bonds. The molecule has 8 heteroatoms. The zero-order valence-electron chi connectivity index (χ0n) is 14.5. The fraction of sp³-hybridized carbons (Fsp3) is 0.444. The molecule has 138 valence electrons. The van der Waals surface area contributed by atoms with Crippen LogP contribution in [0.1, 0.15) is 31.6 Å². The van der Waals surface area contributed by atoms with Crippen LogP contribution in [0.4, 0.5) is 0 Å². The van der Waals surface area contributed by atoms with E-state index in [1.54, 1.807) is 7.11 Å². The maximum atomic E-state index is 11.8. The first-order valence-corrected chi connectivity index (χ1v) is 8.49. The number of methoxy groups -OCH3 is 1. The minimum Gasteiger partial charge on any atom is -0.497 e. The summed E-state index contributed by atoms with van der Waals surface area (Å²) < 4.78 is 10.3. The van der Waals surface area contributed by atoms with Crippen LogP contribution in [0.5, 0.6) is 5.75 Å². The zero-order chi connectivity index (χ0) is 18.6. The Morgan fingerprint density at radius 3 is 2.65 bits per heavy atom. The molecule has 0 radical (unpaired) electrons. The minimum absolute atomic E-state index is 0.160. The molecule has 0 bridgehead atoms. The van der Waals surface area contributed by atoms with Gasteiger partial charge in [-0.25, -0.2) is 0 Å². The predicted molar refractivity (Wildman–Crippen MR) is 91.5 cm³/mol. The topological polar surface area (TPSA) is 115 Å². The van der Waals surface area contributed by atoms with Crippen molar-refractivity contribution >= 4 is 11.9 Å². The van der Waals surface area contributed by atoms with Crippen LogP contribution in [0.3, 0.4) is 0 Å². The van der Waals surface area contributed by atoms with Crippen molar-refractivity contribution in [3.8, 4) is 17.1 Å². The van der Waals surface area contributed by atoms with Crippen molar-refractivity contribution in [2.24, 2.45) is 5.41 Å². The molecular formula is C18H21N3O5. The molecule has 1 saturated carbocycles. The summed E-state index contributed by atoms with van der Waals surface area (Å²) in [7, 11) is 1.60. The van der Waals surface area contributed by atoms with E-state index in [4.69, 9.17) is 14.4 Å². The molecule has 1 aliphatic carbocycles. The van der Waals surface area contributed by atoms with Gasteiger partial charge in [0.05, 0.1) is 12.5 Å². The van der Waals surface area contributed by atoms with E-state index in [2.05, 4.69) is 15.5 Å². The highest BCUT2D eigenvalue weighted by Crippen LogP contribution is 2.45. The Hall–Kier alpha value is -2.90. The SMILES string of the molecule is COc1ccc(-c2noc(CCCC(=O)NCC3(C(=O)O)CC3)n2)cc1. The van der Waals surface area contributed by atoms with Crippen LogP contribution in [0.15, 0.2) is 28.8 Å². The van der Waals surface area contributed by atoms with Crippen LogP contribution in [-0.4, -0.2) is 40.8 Å². The Balaban J connectivity index is 1.43. The maximum Gasteiger partial charge on any atom is 0.311 e. The lowest BCUT2D eigenvalue weighted by Crippen LogP contribution is -2.34. The van der Waals surface area contributed by atoms with Gasteiger partial charge in [-0.2, -0.15) is 4.98 Å². The Morgan fingerprint density at radius 2 is 2.04 bits per heavy atom. The molecule has 3 rings (SSSR count). The number of hydrogen-bond donors (Lipinski definition) is 2. The van der Waals surface area contributed by atoms with Gasteiger partial charge in [0, 0.05) is 24.9 Å². The summed E-state index contributed by atoms with van der Waals surface area (Å²) in [6.07, 6.45) is 2.57. The highest BCUT2D eigenvalue weighted by Gasteiger charge is 2.50. The molecule has 2 N–H and O–H groups in total. The van der Waals surface area contributed by atoms with E-state index in [1.165, 1.54) is 0 Å². The fourth-order valence-corrected chi connectivity index (χ4v) is 2.59. The first-order valence-electron chi connectivity index (χ1n) is 8.49. The lowest BCUT2D eigenvalue weighted by molar-refractivity contribution is -0.143. The molecule has 1 aliphatic rings. The first kappa shape index (κ1) is 17.9. The van der Waals surface area contributed by atoms with Crippen molar-refractivity contribution in [1.29, 1.82) is 0 Å². The molecule has 0 aliphatic heterocycles. The average Bonchev–Trinajstić information content (AvgIpc) is 3.31. The largest absolute Gasteiger partial charge is 0.497 e. The van der Waals surface area contributed by atoms with Crippen molar-refractivity contribution in [1.82, 2.24) is 15.5 Å². The van der Waals surface area contributed by atoms with Crippen molar-refractivity contribution in [2.45, 2.75) is 32.1 Å². The van der Waals surface area contributed by atoms with E-state index in [0.717, 1.165) is 11.3 Å². The number of rotatable bonds is 9. The van der Waals surface area contributed by atoms with Crippen molar-refractivity contribution in [2.75, 3.05) is 13.7 Å². The summed E-state index contributed by atoms with van der Waals surface area (Å²) in [5.74, 6) is 0.707. The third-order valence-electron chi connectivity index (χ3n) is 4.54. The second-order valence-corrected chi connectivity index (χ2v) is 6.46. The van der Waals surface area contributed by atoms with Gasteiger partial charge in [-0.05, 0) is 43.5 Å². The molecule has 26 heavy (non-hydrogen) atoms. The van der Waals surface area contributed by atoms with Gasteiger partial charge in [0.25, 0.3) is 0 Å². The maximum absolute atomic E-state index is 11.8. The molecule has 1 aromatic carbocycles. The number of nitrogens with zero attached hydrogens (tertiary/aromatic N) is 2. The average molecular weight is 359 g/mol. The summed E-state index contributed by atoms with van der Waals surface area (Å²) in [5.41, 5.74) is 0.0806. The molecule has 0 saturated heterocycles. The number of aromatic nitrogens is 2. The lowest BCUT2D eigenvalue weighted by atomic mass is 10.1. The van der Waals surface area contributed by atoms with Crippen molar-refractivity contribution in [3.05, 3.63) is 30.2 Å². The van der Waals surface area contributed by atoms with Gasteiger partial charge >= 0.3 is 5.97 Å². The second-order valence-electron chi connectivity index (χ2n) is 6.46. The van der Waals surface area contributed by atoms with Gasteiger partial charge in [0.1, 0.15) is 5.75 Å². The van der Waals surface area contributed by atoms with E-state index in [1.807, 2.05) is 24.3 Å². The number of amides is 1. The number of carbonyl (C=O) groups is 2. The predicted octanol–water partition coefficient (Wildman–Crippen LogP) is 2.05. The van der Waals surface area contributed by atoms with E-state index in [-0.39, 0.29) is 18.9 Å². The standard InChI is InChI=1S/C18H21N3O5/c1-25-13-7-5-12(6-8-13)16-20-15(26-21-16)4-2-3-14(22)19-11-18(9-10-18)17(23)24/h5-8H,2-4,9-11H2,1H3,(H,19,22)(H,23,24). The number of benzene rings is 1. The zero-order valence-corrected chi connectivity index (χ0v) is 14.5. The number of ether oxygens (including phenoxy) is 1. The number of nitrogens with one attached hydrogen (secondary N) is 1. The Labute approximate surface area is 150 Å². The monoisotopic (exact) mass is 359 g/mol. The molecule has 8 nitrogen and oxygen atoms in total. The minimum atomic E-state index is -0.838. The van der Waals surface area contributed by atoms with Gasteiger partial charge in [-0.15, -0.1) is 0 Å². The number of carbonyl (C=O) groups excluding carboxylic acids is 1. The van der Waals surface area contributed by atoms with Gasteiger partial charge in [0.2, 0.25) is 17.6 Å².